The Hall–Kier alpha value is -2.83. The quantitative estimate of drug-likeness (QED) is 0.722. The molecule has 0 spiro atoms. The van der Waals surface area contributed by atoms with Crippen LogP contribution in [-0.2, 0) is 6.54 Å². The molecule has 1 N–H and O–H groups in total. The topological polar surface area (TPSA) is 61.9 Å². The van der Waals surface area contributed by atoms with Crippen molar-refractivity contribution in [1.29, 1.82) is 0 Å². The van der Waals surface area contributed by atoms with Gasteiger partial charge in [0.1, 0.15) is 11.5 Å². The zero-order valence-electron chi connectivity index (χ0n) is 16.9. The van der Waals surface area contributed by atoms with E-state index in [1.807, 2.05) is 49.4 Å². The van der Waals surface area contributed by atoms with Gasteiger partial charge in [-0.05, 0) is 37.7 Å². The van der Waals surface area contributed by atoms with E-state index in [9.17, 15) is 9.90 Å². The number of nitrogens with zero attached hydrogens (tertiary/aromatic N) is 3. The highest BCUT2D eigenvalue weighted by Crippen LogP contribution is 2.33. The minimum absolute atomic E-state index is 0.0518. The average Bonchev–Trinajstić information content (AvgIpc) is 3.23. The predicted octanol–water partition coefficient (Wildman–Crippen LogP) is 2.84. The SMILES string of the molecule is Cc1cc(O)c([C@@H](c2ccccc2)N2CCN(C)CC2)c(=O)n1Cc1ccco1. The van der Waals surface area contributed by atoms with E-state index in [-0.39, 0.29) is 17.4 Å². The van der Waals surface area contributed by atoms with Crippen molar-refractivity contribution in [2.45, 2.75) is 19.5 Å². The molecule has 0 radical (unpaired) electrons. The predicted molar refractivity (Wildman–Crippen MR) is 112 cm³/mol. The molecule has 3 heterocycles. The molecule has 0 amide bonds. The van der Waals surface area contributed by atoms with Gasteiger partial charge in [-0.3, -0.25) is 9.69 Å². The lowest BCUT2D eigenvalue weighted by Crippen LogP contribution is -2.47. The molecular weight excluding hydrogens is 366 g/mol. The maximum atomic E-state index is 13.6. The highest BCUT2D eigenvalue weighted by molar-refractivity contribution is 5.41. The first-order valence-electron chi connectivity index (χ1n) is 9.98. The standard InChI is InChI=1S/C23H27N3O3/c1-17-15-20(27)21(23(28)26(17)16-19-9-6-14-29-19)22(18-7-4-3-5-8-18)25-12-10-24(2)11-13-25/h3-9,14-15,22,27H,10-13,16H2,1-2H3/t22-/m1/s1. The summed E-state index contributed by atoms with van der Waals surface area (Å²) in [5.74, 6) is 0.763. The Kier molecular flexibility index (Phi) is 5.56. The van der Waals surface area contributed by atoms with Crippen LogP contribution >= 0.6 is 0 Å². The molecule has 0 bridgehead atoms. The second kappa shape index (κ2) is 8.27. The fraction of sp³-hybridized carbons (Fsp3) is 0.348. The second-order valence-electron chi connectivity index (χ2n) is 7.71. The van der Waals surface area contributed by atoms with Crippen molar-refractivity contribution >= 4 is 0 Å². The van der Waals surface area contributed by atoms with Gasteiger partial charge in [0.25, 0.3) is 5.56 Å². The smallest absolute Gasteiger partial charge is 0.260 e. The molecule has 1 aliphatic rings. The van der Waals surface area contributed by atoms with Gasteiger partial charge in [-0.25, -0.2) is 0 Å². The molecule has 0 aliphatic carbocycles. The summed E-state index contributed by atoms with van der Waals surface area (Å²) in [6.07, 6.45) is 1.61. The first-order chi connectivity index (χ1) is 14.0. The van der Waals surface area contributed by atoms with Gasteiger partial charge in [-0.2, -0.15) is 0 Å². The molecule has 0 saturated carbocycles. The van der Waals surface area contributed by atoms with Gasteiger partial charge in [-0.15, -0.1) is 0 Å². The highest BCUT2D eigenvalue weighted by atomic mass is 16.3. The van der Waals surface area contributed by atoms with Gasteiger partial charge in [0, 0.05) is 31.9 Å². The van der Waals surface area contributed by atoms with Crippen LogP contribution in [-0.4, -0.2) is 52.7 Å². The minimum Gasteiger partial charge on any atom is -0.507 e. The number of likely N-dealkylation sites (N-methyl/N-ethyl adjacent to an activating group) is 1. The number of aromatic nitrogens is 1. The Balaban J connectivity index is 1.82. The number of pyridine rings is 1. The Labute approximate surface area is 170 Å². The summed E-state index contributed by atoms with van der Waals surface area (Å²) < 4.78 is 7.13. The van der Waals surface area contributed by atoms with Crippen LogP contribution in [0.2, 0.25) is 0 Å². The van der Waals surface area contributed by atoms with Crippen molar-refractivity contribution in [2.24, 2.45) is 0 Å². The molecule has 1 aliphatic heterocycles. The third kappa shape index (κ3) is 3.99. The number of hydrogen-bond donors (Lipinski definition) is 1. The molecule has 1 fully saturated rings. The summed E-state index contributed by atoms with van der Waals surface area (Å²) in [4.78, 5) is 18.2. The van der Waals surface area contributed by atoms with E-state index < -0.39 is 0 Å². The number of furan rings is 1. The molecule has 2 aromatic heterocycles. The van der Waals surface area contributed by atoms with Crippen LogP contribution in [0.15, 0.2) is 64.0 Å². The molecule has 1 atom stereocenters. The van der Waals surface area contributed by atoms with Crippen LogP contribution in [0.5, 0.6) is 5.75 Å². The number of aryl methyl sites for hydroxylation is 1. The second-order valence-corrected chi connectivity index (χ2v) is 7.71. The number of benzene rings is 1. The number of piperazine rings is 1. The van der Waals surface area contributed by atoms with Crippen molar-refractivity contribution in [3.8, 4) is 5.75 Å². The maximum Gasteiger partial charge on any atom is 0.260 e. The van der Waals surface area contributed by atoms with Gasteiger partial charge in [0.2, 0.25) is 0 Å². The van der Waals surface area contributed by atoms with E-state index in [0.717, 1.165) is 31.7 Å². The summed E-state index contributed by atoms with van der Waals surface area (Å²) in [6.45, 7) is 5.70. The fourth-order valence-corrected chi connectivity index (χ4v) is 4.06. The molecule has 6 heteroatoms. The lowest BCUT2D eigenvalue weighted by Gasteiger charge is -2.38. The van der Waals surface area contributed by atoms with Crippen LogP contribution in [0.3, 0.4) is 0 Å². The summed E-state index contributed by atoms with van der Waals surface area (Å²) in [7, 11) is 2.11. The van der Waals surface area contributed by atoms with Crippen LogP contribution in [0.1, 0.15) is 28.6 Å². The van der Waals surface area contributed by atoms with Crippen molar-refractivity contribution in [1.82, 2.24) is 14.4 Å². The Morgan fingerprint density at radius 2 is 1.79 bits per heavy atom. The molecule has 1 saturated heterocycles. The van der Waals surface area contributed by atoms with E-state index in [1.165, 1.54) is 0 Å². The van der Waals surface area contributed by atoms with E-state index in [4.69, 9.17) is 4.42 Å². The zero-order chi connectivity index (χ0) is 20.4. The van der Waals surface area contributed by atoms with Gasteiger partial charge in [0.05, 0.1) is 24.4 Å². The Morgan fingerprint density at radius 1 is 1.07 bits per heavy atom. The summed E-state index contributed by atoms with van der Waals surface area (Å²) in [5.41, 5.74) is 1.97. The van der Waals surface area contributed by atoms with Crippen molar-refractivity contribution in [2.75, 3.05) is 33.2 Å². The highest BCUT2D eigenvalue weighted by Gasteiger charge is 2.30. The van der Waals surface area contributed by atoms with Gasteiger partial charge < -0.3 is 19.0 Å². The van der Waals surface area contributed by atoms with Crippen LogP contribution in [0, 0.1) is 6.92 Å². The molecule has 152 valence electrons. The van der Waals surface area contributed by atoms with E-state index in [2.05, 4.69) is 16.8 Å². The molecule has 1 aromatic carbocycles. The lowest BCUT2D eigenvalue weighted by atomic mass is 9.96. The van der Waals surface area contributed by atoms with E-state index in [0.29, 0.717) is 23.6 Å². The zero-order valence-corrected chi connectivity index (χ0v) is 16.9. The maximum absolute atomic E-state index is 13.6. The number of aromatic hydroxyl groups is 1. The van der Waals surface area contributed by atoms with Gasteiger partial charge >= 0.3 is 0 Å². The largest absolute Gasteiger partial charge is 0.507 e. The fourth-order valence-electron chi connectivity index (χ4n) is 4.06. The third-order valence-electron chi connectivity index (χ3n) is 5.71. The third-order valence-corrected chi connectivity index (χ3v) is 5.71. The lowest BCUT2D eigenvalue weighted by molar-refractivity contribution is 0.125. The molecule has 0 unspecified atom stereocenters. The van der Waals surface area contributed by atoms with E-state index >= 15 is 0 Å². The first-order valence-corrected chi connectivity index (χ1v) is 9.98. The summed E-state index contributed by atoms with van der Waals surface area (Å²) in [5, 5.41) is 10.9. The molecule has 3 aromatic rings. The molecular formula is C23H27N3O3. The van der Waals surface area contributed by atoms with Crippen molar-refractivity contribution < 1.29 is 9.52 Å². The van der Waals surface area contributed by atoms with E-state index in [1.54, 1.807) is 16.9 Å². The Morgan fingerprint density at radius 3 is 2.45 bits per heavy atom. The number of rotatable bonds is 5. The monoisotopic (exact) mass is 393 g/mol. The normalized spacial score (nSPS) is 16.8. The molecule has 29 heavy (non-hydrogen) atoms. The van der Waals surface area contributed by atoms with Crippen LogP contribution in [0.25, 0.3) is 0 Å². The van der Waals surface area contributed by atoms with Gasteiger partial charge in [0.15, 0.2) is 0 Å². The summed E-state index contributed by atoms with van der Waals surface area (Å²) in [6, 6.07) is 15.0. The van der Waals surface area contributed by atoms with Crippen molar-refractivity contribution in [3.63, 3.8) is 0 Å². The van der Waals surface area contributed by atoms with Crippen molar-refractivity contribution in [3.05, 3.63) is 87.7 Å². The summed E-state index contributed by atoms with van der Waals surface area (Å²) >= 11 is 0. The van der Waals surface area contributed by atoms with Crippen LogP contribution < -0.4 is 5.56 Å². The minimum atomic E-state index is -0.291. The van der Waals surface area contributed by atoms with Crippen LogP contribution in [0.4, 0.5) is 0 Å². The van der Waals surface area contributed by atoms with Gasteiger partial charge in [-0.1, -0.05) is 30.3 Å². The molecule has 4 rings (SSSR count). The molecule has 6 nitrogen and oxygen atoms in total. The first kappa shape index (κ1) is 19.5. The average molecular weight is 393 g/mol. The number of hydrogen-bond acceptors (Lipinski definition) is 5. The Bertz CT molecular complexity index is 1000.